The molecule has 0 atom stereocenters. The van der Waals surface area contributed by atoms with Crippen molar-refractivity contribution in [2.45, 2.75) is 44.8 Å². The lowest BCUT2D eigenvalue weighted by Crippen LogP contribution is -2.49. The number of benzene rings is 2. The first-order valence-electron chi connectivity index (χ1n) is 11.7. The molecule has 2 fully saturated rings. The zero-order valence-electron chi connectivity index (χ0n) is 19.1. The van der Waals surface area contributed by atoms with Crippen molar-refractivity contribution in [2.75, 3.05) is 43.0 Å². The van der Waals surface area contributed by atoms with Crippen molar-refractivity contribution in [1.29, 1.82) is 5.26 Å². The Kier molecular flexibility index (Phi) is 8.08. The van der Waals surface area contributed by atoms with Crippen LogP contribution < -0.4 is 10.2 Å². The molecule has 0 aromatic heterocycles. The molecule has 1 saturated heterocycles. The predicted octanol–water partition coefficient (Wildman–Crippen LogP) is 5.41. The Balaban J connectivity index is 1.16. The molecule has 2 aliphatic rings. The lowest BCUT2D eigenvalue weighted by molar-refractivity contribution is 0.0473. The summed E-state index contributed by atoms with van der Waals surface area (Å²) in [5.41, 5.74) is 4.06. The molecule has 1 saturated carbocycles. The molecule has 0 radical (unpaired) electrons. The Morgan fingerprint density at radius 3 is 2.42 bits per heavy atom. The summed E-state index contributed by atoms with van der Waals surface area (Å²) in [6, 6.07) is 16.7. The summed E-state index contributed by atoms with van der Waals surface area (Å²) >= 11 is 11.7. The second-order valence-electron chi connectivity index (χ2n) is 8.91. The van der Waals surface area contributed by atoms with Gasteiger partial charge < -0.3 is 19.9 Å². The van der Waals surface area contributed by atoms with Crippen molar-refractivity contribution < 1.29 is 4.74 Å². The number of nitrogens with zero attached hydrogens (tertiary/aromatic N) is 3. The number of hydrogen-bond donors (Lipinski definition) is 1. The van der Waals surface area contributed by atoms with Crippen molar-refractivity contribution >= 4 is 40.2 Å². The fourth-order valence-corrected chi connectivity index (χ4v) is 5.01. The molecular formula is C26H31ClN4OS. The van der Waals surface area contributed by atoms with Gasteiger partial charge in [0.15, 0.2) is 0 Å². The van der Waals surface area contributed by atoms with E-state index in [0.717, 1.165) is 78.7 Å². The molecule has 1 N–H and O–H groups in total. The first kappa shape index (κ1) is 23.8. The summed E-state index contributed by atoms with van der Waals surface area (Å²) in [6.07, 6.45) is 4.52. The molecule has 33 heavy (non-hydrogen) atoms. The highest BCUT2D eigenvalue weighted by atomic mass is 35.5. The third kappa shape index (κ3) is 6.38. The number of rotatable bonds is 6. The third-order valence-electron chi connectivity index (χ3n) is 6.66. The molecule has 2 aromatic carbocycles. The molecular weight excluding hydrogens is 452 g/mol. The van der Waals surface area contributed by atoms with Gasteiger partial charge in [-0.1, -0.05) is 23.8 Å². The molecule has 1 heterocycles. The van der Waals surface area contributed by atoms with E-state index in [1.165, 1.54) is 5.69 Å². The number of anilines is 2. The minimum Gasteiger partial charge on any atom is -0.382 e. The molecule has 0 bridgehead atoms. The number of aryl methyl sites for hydroxylation is 1. The van der Waals surface area contributed by atoms with Crippen LogP contribution in [0.3, 0.4) is 0 Å². The van der Waals surface area contributed by atoms with Crippen molar-refractivity contribution in [3.05, 3.63) is 58.6 Å². The van der Waals surface area contributed by atoms with Gasteiger partial charge in [0.2, 0.25) is 0 Å². The van der Waals surface area contributed by atoms with Gasteiger partial charge in [-0.25, -0.2) is 0 Å². The number of ether oxygens (including phenoxy) is 1. The Bertz CT molecular complexity index is 990. The van der Waals surface area contributed by atoms with Crippen LogP contribution in [0.1, 0.15) is 36.8 Å². The molecule has 0 spiro atoms. The summed E-state index contributed by atoms with van der Waals surface area (Å²) in [4.78, 5) is 5.57. The normalized spacial score (nSPS) is 20.9. The second-order valence-corrected chi connectivity index (χ2v) is 9.82. The fourth-order valence-electron chi connectivity index (χ4n) is 4.63. The number of nitriles is 1. The fraction of sp³-hybridized carbons (Fsp3) is 0.462. The van der Waals surface area contributed by atoms with Crippen LogP contribution >= 0.6 is 23.8 Å². The van der Waals surface area contributed by atoms with Gasteiger partial charge in [-0.3, -0.25) is 0 Å². The zero-order valence-corrected chi connectivity index (χ0v) is 20.7. The maximum atomic E-state index is 9.10. The minimum atomic E-state index is 0.277. The number of nitrogens with one attached hydrogen (secondary N) is 1. The highest BCUT2D eigenvalue weighted by Crippen LogP contribution is 2.25. The minimum absolute atomic E-state index is 0.277. The van der Waals surface area contributed by atoms with Gasteiger partial charge >= 0.3 is 0 Å². The molecule has 5 nitrogen and oxygen atoms in total. The Morgan fingerprint density at radius 2 is 1.79 bits per heavy atom. The largest absolute Gasteiger partial charge is 0.382 e. The molecule has 7 heteroatoms. The lowest BCUT2D eigenvalue weighted by atomic mass is 9.92. The Hall–Kier alpha value is -2.33. The van der Waals surface area contributed by atoms with Gasteiger partial charge in [-0.15, -0.1) is 0 Å². The van der Waals surface area contributed by atoms with Crippen LogP contribution in [-0.4, -0.2) is 54.8 Å². The van der Waals surface area contributed by atoms with Crippen LogP contribution in [0, 0.1) is 18.3 Å². The van der Waals surface area contributed by atoms with Gasteiger partial charge in [0.05, 0.1) is 24.3 Å². The van der Waals surface area contributed by atoms with E-state index in [2.05, 4.69) is 39.4 Å². The number of thiocarbonyl (C=S) groups is 1. The number of piperazine rings is 1. The van der Waals surface area contributed by atoms with E-state index >= 15 is 0 Å². The topological polar surface area (TPSA) is 51.5 Å². The number of hydrogen-bond acceptors (Lipinski definition) is 5. The van der Waals surface area contributed by atoms with E-state index in [4.69, 9.17) is 33.8 Å². The van der Waals surface area contributed by atoms with E-state index in [1.807, 2.05) is 31.2 Å². The maximum absolute atomic E-state index is 9.10. The highest BCUT2D eigenvalue weighted by molar-refractivity contribution is 7.80. The second kappa shape index (κ2) is 11.2. The summed E-state index contributed by atoms with van der Waals surface area (Å²) in [5.74, 6) is 0. The van der Waals surface area contributed by atoms with E-state index in [9.17, 15) is 0 Å². The van der Waals surface area contributed by atoms with Gasteiger partial charge in [0.25, 0.3) is 0 Å². The summed E-state index contributed by atoms with van der Waals surface area (Å²) in [7, 11) is 0. The van der Waals surface area contributed by atoms with E-state index in [-0.39, 0.29) is 6.10 Å². The molecule has 0 amide bonds. The smallest absolute Gasteiger partial charge is 0.104 e. The van der Waals surface area contributed by atoms with Gasteiger partial charge in [0, 0.05) is 48.6 Å². The highest BCUT2D eigenvalue weighted by Gasteiger charge is 2.24. The first-order valence-corrected chi connectivity index (χ1v) is 12.5. The summed E-state index contributed by atoms with van der Waals surface area (Å²) < 4.78 is 6.20. The SMILES string of the molecule is Cc1cc(NC2CCC(OCC(=S)N3CCN(c4ccc(Cl)cc4)CC3)CC2)ccc1C#N. The van der Waals surface area contributed by atoms with Crippen LogP contribution in [0.25, 0.3) is 0 Å². The number of halogens is 1. The van der Waals surface area contributed by atoms with Crippen LogP contribution in [0.4, 0.5) is 11.4 Å². The Morgan fingerprint density at radius 1 is 1.09 bits per heavy atom. The first-order chi connectivity index (χ1) is 16.0. The van der Waals surface area contributed by atoms with Crippen molar-refractivity contribution in [2.24, 2.45) is 0 Å². The van der Waals surface area contributed by atoms with Crippen LogP contribution in [0.5, 0.6) is 0 Å². The molecule has 4 rings (SSSR count). The van der Waals surface area contributed by atoms with E-state index in [0.29, 0.717) is 12.6 Å². The van der Waals surface area contributed by atoms with Gasteiger partial charge in [-0.2, -0.15) is 5.26 Å². The summed E-state index contributed by atoms with van der Waals surface area (Å²) in [6.45, 7) is 6.26. The van der Waals surface area contributed by atoms with Crippen LogP contribution in [0.2, 0.25) is 5.02 Å². The van der Waals surface area contributed by atoms with Crippen LogP contribution in [0.15, 0.2) is 42.5 Å². The molecule has 0 unspecified atom stereocenters. The molecule has 174 valence electrons. The predicted molar refractivity (Wildman–Crippen MR) is 139 cm³/mol. The summed E-state index contributed by atoms with van der Waals surface area (Å²) in [5, 5.41) is 13.5. The third-order valence-corrected chi connectivity index (χ3v) is 7.29. The monoisotopic (exact) mass is 482 g/mol. The standard InChI is InChI=1S/C26H31ClN4OS/c1-19-16-23(5-2-20(19)17-28)29-22-6-10-25(11-7-22)32-18-26(33)31-14-12-30(13-15-31)24-8-3-21(27)4-9-24/h2-5,8-9,16,22,25,29H,6-7,10-15,18H2,1H3. The van der Waals surface area contributed by atoms with Crippen LogP contribution in [-0.2, 0) is 4.74 Å². The van der Waals surface area contributed by atoms with E-state index < -0.39 is 0 Å². The maximum Gasteiger partial charge on any atom is 0.104 e. The lowest BCUT2D eigenvalue weighted by Gasteiger charge is -2.38. The average molecular weight is 483 g/mol. The molecule has 1 aliphatic carbocycles. The van der Waals surface area contributed by atoms with Gasteiger partial charge in [0.1, 0.15) is 4.99 Å². The quantitative estimate of drug-likeness (QED) is 0.555. The zero-order chi connectivity index (χ0) is 23.2. The van der Waals surface area contributed by atoms with Crippen molar-refractivity contribution in [3.8, 4) is 6.07 Å². The Labute approximate surface area is 207 Å². The van der Waals surface area contributed by atoms with Gasteiger partial charge in [-0.05, 0) is 80.6 Å². The molecule has 2 aromatic rings. The van der Waals surface area contributed by atoms with E-state index in [1.54, 1.807) is 0 Å². The average Bonchev–Trinajstić information content (AvgIpc) is 2.84. The van der Waals surface area contributed by atoms with Crippen molar-refractivity contribution in [3.63, 3.8) is 0 Å². The van der Waals surface area contributed by atoms with Crippen molar-refractivity contribution in [1.82, 2.24) is 4.90 Å². The molecule has 1 aliphatic heterocycles.